The molecule has 1 atom stereocenters. The zero-order valence-electron chi connectivity index (χ0n) is 11.0. The SMILES string of the molecule is C#CCC(NC(=O)N(CC)c1ccccc1F)C(=O)O. The van der Waals surface area contributed by atoms with Crippen molar-refractivity contribution in [1.82, 2.24) is 5.32 Å². The summed E-state index contributed by atoms with van der Waals surface area (Å²) < 4.78 is 13.7. The highest BCUT2D eigenvalue weighted by atomic mass is 19.1. The number of hydrogen-bond donors (Lipinski definition) is 2. The van der Waals surface area contributed by atoms with E-state index in [0.717, 1.165) is 4.90 Å². The summed E-state index contributed by atoms with van der Waals surface area (Å²) in [6.45, 7) is 1.85. The Balaban J connectivity index is 2.91. The van der Waals surface area contributed by atoms with Crippen LogP contribution in [0.5, 0.6) is 0 Å². The summed E-state index contributed by atoms with van der Waals surface area (Å²) in [6.07, 6.45) is 4.91. The van der Waals surface area contributed by atoms with Gasteiger partial charge in [0.15, 0.2) is 0 Å². The van der Waals surface area contributed by atoms with Crippen molar-refractivity contribution in [1.29, 1.82) is 0 Å². The summed E-state index contributed by atoms with van der Waals surface area (Å²) >= 11 is 0. The molecule has 0 heterocycles. The molecule has 1 aromatic rings. The van der Waals surface area contributed by atoms with Crippen molar-refractivity contribution >= 4 is 17.7 Å². The van der Waals surface area contributed by atoms with Crippen LogP contribution in [0.25, 0.3) is 0 Å². The van der Waals surface area contributed by atoms with E-state index < -0.39 is 23.9 Å². The highest BCUT2D eigenvalue weighted by Gasteiger charge is 2.23. The van der Waals surface area contributed by atoms with Gasteiger partial charge in [-0.25, -0.2) is 14.0 Å². The summed E-state index contributed by atoms with van der Waals surface area (Å²) in [6, 6.07) is 3.85. The van der Waals surface area contributed by atoms with Crippen LogP contribution in [0, 0.1) is 18.2 Å². The van der Waals surface area contributed by atoms with Crippen LogP contribution in [0.3, 0.4) is 0 Å². The van der Waals surface area contributed by atoms with E-state index in [-0.39, 0.29) is 18.7 Å². The van der Waals surface area contributed by atoms with Gasteiger partial charge in [0, 0.05) is 13.0 Å². The summed E-state index contributed by atoms with van der Waals surface area (Å²) in [4.78, 5) is 24.1. The molecule has 1 unspecified atom stereocenters. The highest BCUT2D eigenvalue weighted by molar-refractivity contribution is 5.94. The average Bonchev–Trinajstić information content (AvgIpc) is 2.41. The van der Waals surface area contributed by atoms with Crippen molar-refractivity contribution in [2.24, 2.45) is 0 Å². The third-order valence-corrected chi connectivity index (χ3v) is 2.62. The Labute approximate surface area is 116 Å². The molecule has 1 rings (SSSR count). The number of terminal acetylenes is 1. The van der Waals surface area contributed by atoms with Crippen LogP contribution in [0.15, 0.2) is 24.3 Å². The molecule has 0 saturated carbocycles. The number of urea groups is 1. The van der Waals surface area contributed by atoms with Crippen LogP contribution >= 0.6 is 0 Å². The zero-order valence-corrected chi connectivity index (χ0v) is 11.0. The monoisotopic (exact) mass is 278 g/mol. The van der Waals surface area contributed by atoms with E-state index in [1.54, 1.807) is 13.0 Å². The number of aliphatic carboxylic acids is 1. The standard InChI is InChI=1S/C14H15FN2O3/c1-3-7-11(13(18)19)16-14(20)17(4-2)12-9-6-5-8-10(12)15/h1,5-6,8-9,11H,4,7H2,2H3,(H,16,20)(H,18,19). The molecule has 5 nitrogen and oxygen atoms in total. The number of nitrogens with one attached hydrogen (secondary N) is 1. The molecule has 0 aromatic heterocycles. The van der Waals surface area contributed by atoms with E-state index in [4.69, 9.17) is 11.5 Å². The first-order valence-electron chi connectivity index (χ1n) is 6.00. The van der Waals surface area contributed by atoms with E-state index >= 15 is 0 Å². The van der Waals surface area contributed by atoms with Crippen LogP contribution in [-0.2, 0) is 4.79 Å². The first-order chi connectivity index (χ1) is 9.51. The maximum Gasteiger partial charge on any atom is 0.327 e. The molecule has 20 heavy (non-hydrogen) atoms. The number of carbonyl (C=O) groups excluding carboxylic acids is 1. The van der Waals surface area contributed by atoms with Gasteiger partial charge in [-0.1, -0.05) is 12.1 Å². The van der Waals surface area contributed by atoms with Gasteiger partial charge in [0.1, 0.15) is 11.9 Å². The fourth-order valence-electron chi connectivity index (χ4n) is 1.64. The number of benzene rings is 1. The normalized spacial score (nSPS) is 11.2. The minimum Gasteiger partial charge on any atom is -0.480 e. The van der Waals surface area contributed by atoms with Gasteiger partial charge in [-0.15, -0.1) is 12.3 Å². The van der Waals surface area contributed by atoms with Crippen LogP contribution < -0.4 is 10.2 Å². The molecular weight excluding hydrogens is 263 g/mol. The van der Waals surface area contributed by atoms with E-state index in [0.29, 0.717) is 0 Å². The number of carbonyl (C=O) groups is 2. The quantitative estimate of drug-likeness (QED) is 0.807. The number of carboxylic acids is 1. The Kier molecular flexibility index (Phi) is 5.54. The first-order valence-corrected chi connectivity index (χ1v) is 6.00. The third-order valence-electron chi connectivity index (χ3n) is 2.62. The van der Waals surface area contributed by atoms with Crippen molar-refractivity contribution in [3.8, 4) is 12.3 Å². The lowest BCUT2D eigenvalue weighted by molar-refractivity contribution is -0.139. The lowest BCUT2D eigenvalue weighted by atomic mass is 10.2. The second-order valence-electron chi connectivity index (χ2n) is 3.94. The number of anilines is 1. The molecule has 6 heteroatoms. The molecule has 0 bridgehead atoms. The first kappa shape index (κ1) is 15.5. The van der Waals surface area contributed by atoms with Crippen molar-refractivity contribution < 1.29 is 19.1 Å². The van der Waals surface area contributed by atoms with Crippen molar-refractivity contribution in [2.45, 2.75) is 19.4 Å². The maximum atomic E-state index is 13.7. The van der Waals surface area contributed by atoms with Gasteiger partial charge in [0.2, 0.25) is 0 Å². The molecule has 2 N–H and O–H groups in total. The van der Waals surface area contributed by atoms with Gasteiger partial charge in [-0.2, -0.15) is 0 Å². The molecular formula is C14H15FN2O3. The lowest BCUT2D eigenvalue weighted by Gasteiger charge is -2.23. The average molecular weight is 278 g/mol. The smallest absolute Gasteiger partial charge is 0.327 e. The fourth-order valence-corrected chi connectivity index (χ4v) is 1.64. The predicted molar refractivity (Wildman–Crippen MR) is 72.8 cm³/mol. The van der Waals surface area contributed by atoms with Gasteiger partial charge in [-0.3, -0.25) is 4.90 Å². The second kappa shape index (κ2) is 7.14. The van der Waals surface area contributed by atoms with Gasteiger partial charge in [-0.05, 0) is 19.1 Å². The fraction of sp³-hybridized carbons (Fsp3) is 0.286. The Bertz CT molecular complexity index is 539. The highest BCUT2D eigenvalue weighted by Crippen LogP contribution is 2.18. The van der Waals surface area contributed by atoms with Crippen LogP contribution in [0.2, 0.25) is 0 Å². The Morgan fingerprint density at radius 3 is 2.65 bits per heavy atom. The van der Waals surface area contributed by atoms with Crippen molar-refractivity contribution in [2.75, 3.05) is 11.4 Å². The topological polar surface area (TPSA) is 69.6 Å². The second-order valence-corrected chi connectivity index (χ2v) is 3.94. The number of carboxylic acid groups (broad SMARTS) is 1. The summed E-state index contributed by atoms with van der Waals surface area (Å²) in [5, 5.41) is 11.2. The Hall–Kier alpha value is -2.55. The molecule has 2 amide bonds. The van der Waals surface area contributed by atoms with Crippen molar-refractivity contribution in [3.05, 3.63) is 30.1 Å². The van der Waals surface area contributed by atoms with Gasteiger partial charge >= 0.3 is 12.0 Å². The number of halogens is 1. The van der Waals surface area contributed by atoms with E-state index in [1.165, 1.54) is 18.2 Å². The zero-order chi connectivity index (χ0) is 15.1. The number of rotatable bonds is 5. The number of amides is 2. The summed E-state index contributed by atoms with van der Waals surface area (Å²) in [7, 11) is 0. The number of para-hydroxylation sites is 1. The van der Waals surface area contributed by atoms with Crippen LogP contribution in [0.4, 0.5) is 14.9 Å². The largest absolute Gasteiger partial charge is 0.480 e. The number of hydrogen-bond acceptors (Lipinski definition) is 2. The van der Waals surface area contributed by atoms with E-state index in [9.17, 15) is 14.0 Å². The van der Waals surface area contributed by atoms with E-state index in [2.05, 4.69) is 11.2 Å². The molecule has 1 aromatic carbocycles. The molecule has 0 fully saturated rings. The molecule has 106 valence electrons. The van der Waals surface area contributed by atoms with Crippen molar-refractivity contribution in [3.63, 3.8) is 0 Å². The van der Waals surface area contributed by atoms with Crippen LogP contribution in [0.1, 0.15) is 13.3 Å². The molecule has 0 aliphatic heterocycles. The minimum atomic E-state index is -1.24. The molecule has 0 saturated heterocycles. The molecule has 0 aliphatic carbocycles. The minimum absolute atomic E-state index is 0.0809. The van der Waals surface area contributed by atoms with Crippen LogP contribution in [-0.4, -0.2) is 29.7 Å². The number of nitrogens with zero attached hydrogens (tertiary/aromatic N) is 1. The predicted octanol–water partition coefficient (Wildman–Crippen LogP) is 1.84. The van der Waals surface area contributed by atoms with E-state index in [1.807, 2.05) is 0 Å². The molecule has 0 spiro atoms. The summed E-state index contributed by atoms with van der Waals surface area (Å²) in [5.74, 6) is 0.377. The Morgan fingerprint density at radius 2 is 2.15 bits per heavy atom. The Morgan fingerprint density at radius 1 is 1.50 bits per heavy atom. The third kappa shape index (κ3) is 3.72. The molecule has 0 radical (unpaired) electrons. The van der Waals surface area contributed by atoms with Gasteiger partial charge < -0.3 is 10.4 Å². The van der Waals surface area contributed by atoms with Gasteiger partial charge in [0.25, 0.3) is 0 Å². The van der Waals surface area contributed by atoms with Gasteiger partial charge in [0.05, 0.1) is 5.69 Å². The maximum absolute atomic E-state index is 13.7. The molecule has 0 aliphatic rings. The summed E-state index contributed by atoms with van der Waals surface area (Å²) in [5.41, 5.74) is 0.0809. The lowest BCUT2D eigenvalue weighted by Crippen LogP contribution is -2.48.